The minimum absolute atomic E-state index is 0.0497. The monoisotopic (exact) mass is 334 g/mol. The summed E-state index contributed by atoms with van der Waals surface area (Å²) in [5, 5.41) is 3.08. The molecular formula is C18H26N2O4. The number of hydrogen-bond acceptors (Lipinski definition) is 5. The molecule has 0 aromatic carbocycles. The number of aryl methyl sites for hydroxylation is 1. The van der Waals surface area contributed by atoms with Gasteiger partial charge in [-0.05, 0) is 51.1 Å². The molecule has 1 aliphatic carbocycles. The summed E-state index contributed by atoms with van der Waals surface area (Å²) < 4.78 is 10.4. The van der Waals surface area contributed by atoms with Gasteiger partial charge >= 0.3 is 5.97 Å². The van der Waals surface area contributed by atoms with Gasteiger partial charge in [-0.1, -0.05) is 0 Å². The Kier molecular flexibility index (Phi) is 5.23. The Morgan fingerprint density at radius 1 is 1.38 bits per heavy atom. The Balaban J connectivity index is 1.54. The number of nitrogens with one attached hydrogen (secondary N) is 1. The average molecular weight is 334 g/mol. The van der Waals surface area contributed by atoms with Gasteiger partial charge < -0.3 is 14.5 Å². The van der Waals surface area contributed by atoms with Crippen LogP contribution in [0, 0.1) is 18.8 Å². The first-order chi connectivity index (χ1) is 11.6. The van der Waals surface area contributed by atoms with Gasteiger partial charge in [-0.3, -0.25) is 9.69 Å². The summed E-state index contributed by atoms with van der Waals surface area (Å²) >= 11 is 0. The maximum absolute atomic E-state index is 12.3. The van der Waals surface area contributed by atoms with Crippen LogP contribution in [-0.2, 0) is 16.1 Å². The predicted molar refractivity (Wildman–Crippen MR) is 88.5 cm³/mol. The maximum atomic E-state index is 12.3. The Bertz CT molecular complexity index is 606. The van der Waals surface area contributed by atoms with E-state index in [1.165, 1.54) is 20.0 Å². The SMILES string of the molecule is COC(=O)c1cc(CN2CCCC(C(=O)NCC3CC3)C2)oc1C. The zero-order valence-corrected chi connectivity index (χ0v) is 14.5. The summed E-state index contributed by atoms with van der Waals surface area (Å²) in [6.45, 7) is 4.89. The molecule has 6 nitrogen and oxygen atoms in total. The molecule has 132 valence electrons. The summed E-state index contributed by atoms with van der Waals surface area (Å²) in [5.74, 6) is 1.88. The number of carbonyl (C=O) groups is 2. The largest absolute Gasteiger partial charge is 0.465 e. The third-order valence-corrected chi connectivity index (χ3v) is 4.89. The second-order valence-corrected chi connectivity index (χ2v) is 6.94. The number of rotatable bonds is 6. The number of nitrogens with zero attached hydrogens (tertiary/aromatic N) is 1. The fraction of sp³-hybridized carbons (Fsp3) is 0.667. The van der Waals surface area contributed by atoms with Gasteiger partial charge in [-0.15, -0.1) is 0 Å². The van der Waals surface area contributed by atoms with E-state index in [-0.39, 0.29) is 17.8 Å². The van der Waals surface area contributed by atoms with Gasteiger partial charge in [0, 0.05) is 13.1 Å². The lowest BCUT2D eigenvalue weighted by atomic mass is 9.97. The highest BCUT2D eigenvalue weighted by atomic mass is 16.5. The molecule has 2 heterocycles. The van der Waals surface area contributed by atoms with E-state index >= 15 is 0 Å². The second kappa shape index (κ2) is 7.38. The molecule has 0 radical (unpaired) electrons. The van der Waals surface area contributed by atoms with Gasteiger partial charge in [-0.2, -0.15) is 0 Å². The van der Waals surface area contributed by atoms with Crippen molar-refractivity contribution in [2.45, 2.75) is 39.2 Å². The molecule has 24 heavy (non-hydrogen) atoms. The molecule has 1 unspecified atom stereocenters. The minimum Gasteiger partial charge on any atom is -0.465 e. The van der Waals surface area contributed by atoms with Crippen molar-refractivity contribution >= 4 is 11.9 Å². The van der Waals surface area contributed by atoms with E-state index in [9.17, 15) is 9.59 Å². The zero-order chi connectivity index (χ0) is 17.1. The van der Waals surface area contributed by atoms with Crippen molar-refractivity contribution < 1.29 is 18.7 Å². The van der Waals surface area contributed by atoms with Gasteiger partial charge in [0.05, 0.1) is 19.6 Å². The van der Waals surface area contributed by atoms with Crippen molar-refractivity contribution in [3.63, 3.8) is 0 Å². The molecule has 3 rings (SSSR count). The molecule has 1 saturated heterocycles. The predicted octanol–water partition coefficient (Wildman–Crippen LogP) is 2.11. The normalized spacial score (nSPS) is 21.5. The van der Waals surface area contributed by atoms with E-state index in [1.54, 1.807) is 13.0 Å². The lowest BCUT2D eigenvalue weighted by molar-refractivity contribution is -0.126. The van der Waals surface area contributed by atoms with Crippen molar-refractivity contribution in [3.05, 3.63) is 23.2 Å². The molecule has 1 aromatic rings. The van der Waals surface area contributed by atoms with E-state index in [2.05, 4.69) is 10.2 Å². The Hall–Kier alpha value is -1.82. The van der Waals surface area contributed by atoms with Gasteiger partial charge in [0.15, 0.2) is 0 Å². The molecule has 0 bridgehead atoms. The number of furan rings is 1. The molecular weight excluding hydrogens is 308 g/mol. The summed E-state index contributed by atoms with van der Waals surface area (Å²) in [6.07, 6.45) is 4.44. The third-order valence-electron chi connectivity index (χ3n) is 4.89. The van der Waals surface area contributed by atoms with Crippen LogP contribution in [0.25, 0.3) is 0 Å². The number of hydrogen-bond donors (Lipinski definition) is 1. The maximum Gasteiger partial charge on any atom is 0.341 e. The van der Waals surface area contributed by atoms with E-state index in [4.69, 9.17) is 9.15 Å². The van der Waals surface area contributed by atoms with Crippen LogP contribution in [0.4, 0.5) is 0 Å². The lowest BCUT2D eigenvalue weighted by Gasteiger charge is -2.31. The number of esters is 1. The van der Waals surface area contributed by atoms with E-state index < -0.39 is 0 Å². The van der Waals surface area contributed by atoms with Gasteiger partial charge in [0.1, 0.15) is 17.1 Å². The summed E-state index contributed by atoms with van der Waals surface area (Å²) in [4.78, 5) is 26.2. The van der Waals surface area contributed by atoms with Crippen LogP contribution >= 0.6 is 0 Å². The third kappa shape index (κ3) is 4.17. The highest BCUT2D eigenvalue weighted by Gasteiger charge is 2.28. The number of piperidine rings is 1. The summed E-state index contributed by atoms with van der Waals surface area (Å²) in [6, 6.07) is 1.75. The van der Waals surface area contributed by atoms with Crippen molar-refractivity contribution in [1.82, 2.24) is 10.2 Å². The minimum atomic E-state index is -0.376. The fourth-order valence-corrected chi connectivity index (χ4v) is 3.28. The first kappa shape index (κ1) is 17.0. The number of carbonyl (C=O) groups excluding carboxylic acids is 2. The molecule has 1 atom stereocenters. The van der Waals surface area contributed by atoms with Crippen LogP contribution in [-0.4, -0.2) is 43.5 Å². The smallest absolute Gasteiger partial charge is 0.341 e. The Labute approximate surface area is 142 Å². The van der Waals surface area contributed by atoms with Crippen LogP contribution in [0.5, 0.6) is 0 Å². The molecule has 1 N–H and O–H groups in total. The second-order valence-electron chi connectivity index (χ2n) is 6.94. The van der Waals surface area contributed by atoms with Crippen LogP contribution in [0.2, 0.25) is 0 Å². The molecule has 2 fully saturated rings. The van der Waals surface area contributed by atoms with Crippen molar-refractivity contribution in [3.8, 4) is 0 Å². The molecule has 1 amide bonds. The van der Waals surface area contributed by atoms with Crippen molar-refractivity contribution in [2.24, 2.45) is 11.8 Å². The standard InChI is InChI=1S/C18H26N2O4/c1-12-16(18(22)23-2)8-15(24-12)11-20-7-3-4-14(10-20)17(21)19-9-13-5-6-13/h8,13-14H,3-7,9-11H2,1-2H3,(H,19,21). The molecule has 1 aromatic heterocycles. The van der Waals surface area contributed by atoms with E-state index in [0.29, 0.717) is 23.8 Å². The highest BCUT2D eigenvalue weighted by molar-refractivity contribution is 5.90. The van der Waals surface area contributed by atoms with Crippen LogP contribution < -0.4 is 5.32 Å². The summed E-state index contributed by atoms with van der Waals surface area (Å²) in [5.41, 5.74) is 0.475. The molecule has 1 aliphatic heterocycles. The number of ether oxygens (including phenoxy) is 1. The van der Waals surface area contributed by atoms with Gasteiger partial charge in [0.2, 0.25) is 5.91 Å². The Morgan fingerprint density at radius 3 is 2.88 bits per heavy atom. The van der Waals surface area contributed by atoms with Crippen molar-refractivity contribution in [1.29, 1.82) is 0 Å². The average Bonchev–Trinajstić information content (AvgIpc) is 3.34. The molecule has 1 saturated carbocycles. The van der Waals surface area contributed by atoms with Crippen LogP contribution in [0.15, 0.2) is 10.5 Å². The molecule has 0 spiro atoms. The summed E-state index contributed by atoms with van der Waals surface area (Å²) in [7, 11) is 1.37. The topological polar surface area (TPSA) is 71.8 Å². The molecule has 2 aliphatic rings. The fourth-order valence-electron chi connectivity index (χ4n) is 3.28. The van der Waals surface area contributed by atoms with Crippen molar-refractivity contribution in [2.75, 3.05) is 26.7 Å². The van der Waals surface area contributed by atoms with Crippen LogP contribution in [0.3, 0.4) is 0 Å². The number of methoxy groups -OCH3 is 1. The number of amides is 1. The first-order valence-electron chi connectivity index (χ1n) is 8.74. The van der Waals surface area contributed by atoms with E-state index in [0.717, 1.165) is 38.2 Å². The quantitative estimate of drug-likeness (QED) is 0.807. The zero-order valence-electron chi connectivity index (χ0n) is 14.5. The molecule has 6 heteroatoms. The van der Waals surface area contributed by atoms with Crippen LogP contribution in [0.1, 0.15) is 47.6 Å². The van der Waals surface area contributed by atoms with Gasteiger partial charge in [0.25, 0.3) is 0 Å². The number of likely N-dealkylation sites (tertiary alicyclic amines) is 1. The van der Waals surface area contributed by atoms with Gasteiger partial charge in [-0.25, -0.2) is 4.79 Å². The van der Waals surface area contributed by atoms with E-state index in [1.807, 2.05) is 0 Å². The first-order valence-corrected chi connectivity index (χ1v) is 8.74. The Morgan fingerprint density at radius 2 is 2.17 bits per heavy atom. The highest BCUT2D eigenvalue weighted by Crippen LogP contribution is 2.28. The lowest BCUT2D eigenvalue weighted by Crippen LogP contribution is -2.43.